The molecule has 0 aliphatic heterocycles. The van der Waals surface area contributed by atoms with E-state index < -0.39 is 5.97 Å². The quantitative estimate of drug-likeness (QED) is 0.795. The number of benzene rings is 1. The Morgan fingerprint density at radius 2 is 2.26 bits per heavy atom. The summed E-state index contributed by atoms with van der Waals surface area (Å²) in [6, 6.07) is 7.18. The highest BCUT2D eigenvalue weighted by molar-refractivity contribution is 7.08. The topological polar surface area (TPSA) is 55.1 Å². The number of carbonyl (C=O) groups is 1. The van der Waals surface area contributed by atoms with Crippen LogP contribution in [0.15, 0.2) is 35.0 Å². The molecule has 4 nitrogen and oxygen atoms in total. The van der Waals surface area contributed by atoms with Crippen molar-refractivity contribution in [1.29, 1.82) is 0 Å². The molecule has 96 valence electrons. The third kappa shape index (κ3) is 1.82. The van der Waals surface area contributed by atoms with Gasteiger partial charge in [0.15, 0.2) is 0 Å². The molecule has 0 amide bonds. The molecule has 5 heteroatoms. The molecule has 1 N–H and O–H groups in total. The highest BCUT2D eigenvalue weighted by Crippen LogP contribution is 2.26. The van der Waals surface area contributed by atoms with Crippen molar-refractivity contribution < 1.29 is 9.90 Å². The zero-order chi connectivity index (χ0) is 13.4. The van der Waals surface area contributed by atoms with Gasteiger partial charge in [-0.1, -0.05) is 13.0 Å². The van der Waals surface area contributed by atoms with Gasteiger partial charge in [-0.15, -0.1) is 0 Å². The van der Waals surface area contributed by atoms with Gasteiger partial charge in [0.25, 0.3) is 0 Å². The number of nitrogens with zero attached hydrogens (tertiary/aromatic N) is 2. The van der Waals surface area contributed by atoms with Gasteiger partial charge < -0.3 is 5.11 Å². The van der Waals surface area contributed by atoms with E-state index in [-0.39, 0.29) is 5.56 Å². The van der Waals surface area contributed by atoms with Crippen LogP contribution in [0.2, 0.25) is 0 Å². The predicted molar refractivity (Wildman–Crippen MR) is 75.3 cm³/mol. The molecule has 3 aromatic rings. The fourth-order valence-corrected chi connectivity index (χ4v) is 2.87. The number of thiophene rings is 1. The minimum atomic E-state index is -0.926. The fourth-order valence-electron chi connectivity index (χ4n) is 2.25. The predicted octanol–water partition coefficient (Wildman–Crippen LogP) is 3.35. The van der Waals surface area contributed by atoms with Crippen molar-refractivity contribution in [3.63, 3.8) is 0 Å². The van der Waals surface area contributed by atoms with Gasteiger partial charge in [0.05, 0.1) is 22.3 Å². The Morgan fingerprint density at radius 1 is 1.42 bits per heavy atom. The lowest BCUT2D eigenvalue weighted by Crippen LogP contribution is -2.03. The number of carboxylic acid groups (broad SMARTS) is 1. The summed E-state index contributed by atoms with van der Waals surface area (Å²) in [4.78, 5) is 15.9. The normalized spacial score (nSPS) is 11.0. The molecule has 0 fully saturated rings. The van der Waals surface area contributed by atoms with Gasteiger partial charge in [0.2, 0.25) is 0 Å². The average Bonchev–Trinajstić information content (AvgIpc) is 3.03. The van der Waals surface area contributed by atoms with Gasteiger partial charge in [-0.3, -0.25) is 4.57 Å². The number of aryl methyl sites for hydroxylation is 1. The first-order valence-electron chi connectivity index (χ1n) is 5.98. The largest absolute Gasteiger partial charge is 0.478 e. The van der Waals surface area contributed by atoms with E-state index in [1.54, 1.807) is 23.5 Å². The Hall–Kier alpha value is -2.14. The number of aromatic nitrogens is 2. The molecule has 0 unspecified atom stereocenters. The third-order valence-electron chi connectivity index (χ3n) is 3.06. The van der Waals surface area contributed by atoms with E-state index in [0.717, 1.165) is 23.4 Å². The monoisotopic (exact) mass is 272 g/mol. The SMILES string of the molecule is CCc1nc2cccc(C(=O)O)c2n1-c1ccsc1. The lowest BCUT2D eigenvalue weighted by Gasteiger charge is -2.07. The van der Waals surface area contributed by atoms with Crippen molar-refractivity contribution in [2.75, 3.05) is 0 Å². The summed E-state index contributed by atoms with van der Waals surface area (Å²) in [5, 5.41) is 13.3. The van der Waals surface area contributed by atoms with Crippen LogP contribution in [0.4, 0.5) is 0 Å². The van der Waals surface area contributed by atoms with Crippen LogP contribution in [0.1, 0.15) is 23.1 Å². The second-order valence-corrected chi connectivity index (χ2v) is 4.96. The summed E-state index contributed by atoms with van der Waals surface area (Å²) in [6.07, 6.45) is 0.754. The number of imidazole rings is 1. The number of para-hydroxylation sites is 1. The molecular formula is C14H12N2O2S. The second kappa shape index (κ2) is 4.51. The molecule has 0 saturated heterocycles. The molecule has 0 aliphatic rings. The minimum absolute atomic E-state index is 0.288. The molecule has 19 heavy (non-hydrogen) atoms. The number of aromatic carboxylic acids is 1. The van der Waals surface area contributed by atoms with E-state index in [4.69, 9.17) is 0 Å². The van der Waals surface area contributed by atoms with E-state index in [1.807, 2.05) is 34.4 Å². The van der Waals surface area contributed by atoms with Crippen molar-refractivity contribution in [1.82, 2.24) is 9.55 Å². The van der Waals surface area contributed by atoms with Crippen LogP contribution in [0.5, 0.6) is 0 Å². The zero-order valence-electron chi connectivity index (χ0n) is 10.3. The van der Waals surface area contributed by atoms with Gasteiger partial charge in [-0.25, -0.2) is 9.78 Å². The van der Waals surface area contributed by atoms with Crippen LogP contribution < -0.4 is 0 Å². The summed E-state index contributed by atoms with van der Waals surface area (Å²) in [6.45, 7) is 2.02. The third-order valence-corrected chi connectivity index (χ3v) is 3.73. The van der Waals surface area contributed by atoms with Gasteiger partial charge in [-0.2, -0.15) is 11.3 Å². The average molecular weight is 272 g/mol. The number of hydrogen-bond acceptors (Lipinski definition) is 3. The maximum Gasteiger partial charge on any atom is 0.337 e. The minimum Gasteiger partial charge on any atom is -0.478 e. The van der Waals surface area contributed by atoms with Gasteiger partial charge >= 0.3 is 5.97 Å². The highest BCUT2D eigenvalue weighted by atomic mass is 32.1. The Balaban J connectivity index is 2.43. The Morgan fingerprint density at radius 3 is 2.89 bits per heavy atom. The standard InChI is InChI=1S/C14H12N2O2S/c1-2-12-15-11-5-3-4-10(14(17)18)13(11)16(12)9-6-7-19-8-9/h3-8H,2H2,1H3,(H,17,18). The van der Waals surface area contributed by atoms with Gasteiger partial charge in [0, 0.05) is 11.8 Å². The van der Waals surface area contributed by atoms with Crippen molar-refractivity contribution in [2.45, 2.75) is 13.3 Å². The highest BCUT2D eigenvalue weighted by Gasteiger charge is 2.17. The van der Waals surface area contributed by atoms with Crippen LogP contribution >= 0.6 is 11.3 Å². The molecule has 0 radical (unpaired) electrons. The summed E-state index contributed by atoms with van der Waals surface area (Å²) >= 11 is 1.58. The number of carboxylic acids is 1. The van der Waals surface area contributed by atoms with Crippen LogP contribution in [-0.2, 0) is 6.42 Å². The lowest BCUT2D eigenvalue weighted by molar-refractivity contribution is 0.0698. The number of rotatable bonds is 3. The van der Waals surface area contributed by atoms with Crippen molar-refractivity contribution >= 4 is 28.3 Å². The first-order chi connectivity index (χ1) is 9.22. The molecule has 2 aromatic heterocycles. The molecule has 0 bridgehead atoms. The van der Waals surface area contributed by atoms with Crippen LogP contribution in [0.3, 0.4) is 0 Å². The lowest BCUT2D eigenvalue weighted by atomic mass is 10.2. The van der Waals surface area contributed by atoms with Crippen molar-refractivity contribution in [3.05, 3.63) is 46.4 Å². The smallest absolute Gasteiger partial charge is 0.337 e. The first kappa shape index (κ1) is 11.9. The molecule has 0 aliphatic carbocycles. The van der Waals surface area contributed by atoms with E-state index in [1.165, 1.54) is 0 Å². The summed E-state index contributed by atoms with van der Waals surface area (Å²) in [5.41, 5.74) is 2.65. The molecule has 0 atom stereocenters. The van der Waals surface area contributed by atoms with E-state index in [2.05, 4.69) is 4.98 Å². The van der Waals surface area contributed by atoms with Gasteiger partial charge in [0.1, 0.15) is 5.82 Å². The van der Waals surface area contributed by atoms with Gasteiger partial charge in [-0.05, 0) is 23.6 Å². The van der Waals surface area contributed by atoms with Crippen molar-refractivity contribution in [3.8, 4) is 5.69 Å². The van der Waals surface area contributed by atoms with E-state index >= 15 is 0 Å². The zero-order valence-corrected chi connectivity index (χ0v) is 11.1. The van der Waals surface area contributed by atoms with E-state index in [9.17, 15) is 9.90 Å². The summed E-state index contributed by atoms with van der Waals surface area (Å²) in [7, 11) is 0. The molecule has 2 heterocycles. The fraction of sp³-hybridized carbons (Fsp3) is 0.143. The summed E-state index contributed by atoms with van der Waals surface area (Å²) < 4.78 is 1.94. The van der Waals surface area contributed by atoms with Crippen LogP contribution in [-0.4, -0.2) is 20.6 Å². The molecular weight excluding hydrogens is 260 g/mol. The Kier molecular flexibility index (Phi) is 2.83. The van der Waals surface area contributed by atoms with Crippen LogP contribution in [0.25, 0.3) is 16.7 Å². The maximum atomic E-state index is 11.4. The molecule has 0 saturated carbocycles. The number of fused-ring (bicyclic) bond motifs is 1. The molecule has 1 aromatic carbocycles. The Labute approximate surface area is 113 Å². The maximum absolute atomic E-state index is 11.4. The summed E-state index contributed by atoms with van der Waals surface area (Å²) in [5.74, 6) is -0.0493. The van der Waals surface area contributed by atoms with Crippen molar-refractivity contribution in [2.24, 2.45) is 0 Å². The second-order valence-electron chi connectivity index (χ2n) is 4.18. The van der Waals surface area contributed by atoms with Crippen LogP contribution in [0, 0.1) is 0 Å². The van der Waals surface area contributed by atoms with E-state index in [0.29, 0.717) is 5.52 Å². The molecule has 3 rings (SSSR count). The Bertz CT molecular complexity index is 744. The molecule has 0 spiro atoms. The number of hydrogen-bond donors (Lipinski definition) is 1. The first-order valence-corrected chi connectivity index (χ1v) is 6.93.